The van der Waals surface area contributed by atoms with E-state index in [2.05, 4.69) is 31.6 Å². The van der Waals surface area contributed by atoms with Gasteiger partial charge in [-0.05, 0) is 37.1 Å². The molecular weight excluding hydrogens is 358 g/mol. The van der Waals surface area contributed by atoms with Crippen molar-refractivity contribution in [1.29, 1.82) is 0 Å². The highest BCUT2D eigenvalue weighted by Crippen LogP contribution is 2.17. The van der Waals surface area contributed by atoms with Crippen LogP contribution in [0.5, 0.6) is 0 Å². The maximum absolute atomic E-state index is 12.3. The van der Waals surface area contributed by atoms with E-state index in [9.17, 15) is 4.21 Å². The summed E-state index contributed by atoms with van der Waals surface area (Å²) in [7, 11) is 0.777. The van der Waals surface area contributed by atoms with Crippen molar-refractivity contribution in [2.24, 2.45) is 4.99 Å². The molecule has 144 valence electrons. The highest BCUT2D eigenvalue weighted by atomic mass is 32.2. The standard InChI is InChI=1S/C20H27N5OS/c1-21-20(23-13-16-27(26)18-7-3-2-4-8-18)24-17-10-14-25(15-11-17)19-9-5-6-12-22-19/h2-9,12,17H,10-11,13-16H2,1H3,(H2,21,23,24). The van der Waals surface area contributed by atoms with Gasteiger partial charge in [-0.3, -0.25) is 9.20 Å². The second-order valence-electron chi connectivity index (χ2n) is 6.46. The van der Waals surface area contributed by atoms with Crippen LogP contribution in [0.2, 0.25) is 0 Å². The summed E-state index contributed by atoms with van der Waals surface area (Å²) in [6.45, 7) is 2.57. The van der Waals surface area contributed by atoms with Gasteiger partial charge in [0, 0.05) is 49.6 Å². The molecule has 0 aliphatic carbocycles. The molecule has 6 nitrogen and oxygen atoms in total. The minimum absolute atomic E-state index is 0.385. The van der Waals surface area contributed by atoms with E-state index in [0.717, 1.165) is 42.6 Å². The predicted octanol–water partition coefficient (Wildman–Crippen LogP) is 2.02. The van der Waals surface area contributed by atoms with Crippen LogP contribution in [0.3, 0.4) is 0 Å². The van der Waals surface area contributed by atoms with E-state index in [4.69, 9.17) is 0 Å². The van der Waals surface area contributed by atoms with Gasteiger partial charge in [0.1, 0.15) is 5.82 Å². The third kappa shape index (κ3) is 5.79. The topological polar surface area (TPSA) is 69.6 Å². The van der Waals surface area contributed by atoms with Crippen molar-refractivity contribution in [3.05, 3.63) is 54.7 Å². The first-order valence-electron chi connectivity index (χ1n) is 9.33. The average molecular weight is 386 g/mol. The summed E-state index contributed by atoms with van der Waals surface area (Å²) in [6, 6.07) is 16.0. The van der Waals surface area contributed by atoms with Crippen LogP contribution < -0.4 is 15.5 Å². The number of aliphatic imine (C=N–C) groups is 1. The Balaban J connectivity index is 1.40. The quantitative estimate of drug-likeness (QED) is 0.588. The molecule has 3 rings (SSSR count). The van der Waals surface area contributed by atoms with Gasteiger partial charge in [0.05, 0.1) is 10.8 Å². The number of hydrogen-bond donors (Lipinski definition) is 2. The highest BCUT2D eigenvalue weighted by Gasteiger charge is 2.20. The van der Waals surface area contributed by atoms with E-state index in [1.54, 1.807) is 7.05 Å². The van der Waals surface area contributed by atoms with Crippen molar-refractivity contribution in [2.45, 2.75) is 23.8 Å². The molecule has 0 bridgehead atoms. The molecule has 7 heteroatoms. The zero-order valence-electron chi connectivity index (χ0n) is 15.7. The lowest BCUT2D eigenvalue weighted by Gasteiger charge is -2.33. The summed E-state index contributed by atoms with van der Waals surface area (Å²) in [6.07, 6.45) is 3.91. The number of nitrogens with zero attached hydrogens (tertiary/aromatic N) is 3. The second kappa shape index (κ2) is 10.1. The molecule has 2 aromatic rings. The molecule has 2 heterocycles. The number of nitrogens with one attached hydrogen (secondary N) is 2. The van der Waals surface area contributed by atoms with Gasteiger partial charge in [-0.25, -0.2) is 4.98 Å². The number of hydrogen-bond acceptors (Lipinski definition) is 4. The molecule has 0 saturated carbocycles. The summed E-state index contributed by atoms with van der Waals surface area (Å²) < 4.78 is 12.3. The normalized spacial score (nSPS) is 16.8. The van der Waals surface area contributed by atoms with Crippen LogP contribution in [0.1, 0.15) is 12.8 Å². The Kier molecular flexibility index (Phi) is 7.21. The van der Waals surface area contributed by atoms with Gasteiger partial charge < -0.3 is 15.5 Å². The van der Waals surface area contributed by atoms with Crippen molar-refractivity contribution in [3.8, 4) is 0 Å². The summed E-state index contributed by atoms with van der Waals surface area (Å²) in [5, 5.41) is 6.76. The van der Waals surface area contributed by atoms with E-state index in [1.165, 1.54) is 0 Å². The molecule has 0 spiro atoms. The molecule has 2 N–H and O–H groups in total. The fourth-order valence-corrected chi connectivity index (χ4v) is 4.12. The minimum atomic E-state index is -0.993. The Morgan fingerprint density at radius 3 is 2.59 bits per heavy atom. The first kappa shape index (κ1) is 19.4. The molecular formula is C20H27N5OS. The van der Waals surface area contributed by atoms with Crippen LogP contribution in [-0.4, -0.2) is 53.6 Å². The van der Waals surface area contributed by atoms with Crippen LogP contribution in [0.15, 0.2) is 64.6 Å². The Bertz CT molecular complexity index is 745. The Hall–Kier alpha value is -2.41. The lowest BCUT2D eigenvalue weighted by molar-refractivity contribution is 0.460. The zero-order chi connectivity index (χ0) is 18.9. The second-order valence-corrected chi connectivity index (χ2v) is 8.03. The van der Waals surface area contributed by atoms with Gasteiger partial charge >= 0.3 is 0 Å². The molecule has 1 fully saturated rings. The van der Waals surface area contributed by atoms with Gasteiger partial charge in [-0.1, -0.05) is 24.3 Å². The van der Waals surface area contributed by atoms with Crippen LogP contribution in [0.4, 0.5) is 5.82 Å². The smallest absolute Gasteiger partial charge is 0.191 e. The lowest BCUT2D eigenvalue weighted by atomic mass is 10.1. The van der Waals surface area contributed by atoms with Gasteiger partial charge in [0.15, 0.2) is 5.96 Å². The fraction of sp³-hybridized carbons (Fsp3) is 0.400. The van der Waals surface area contributed by atoms with E-state index in [0.29, 0.717) is 18.3 Å². The molecule has 1 atom stereocenters. The third-order valence-corrected chi connectivity index (χ3v) is 5.99. The van der Waals surface area contributed by atoms with Crippen molar-refractivity contribution in [2.75, 3.05) is 37.3 Å². The molecule has 1 saturated heterocycles. The molecule has 1 unspecified atom stereocenters. The molecule has 0 radical (unpaired) electrons. The number of aromatic nitrogens is 1. The van der Waals surface area contributed by atoms with Gasteiger partial charge in [-0.2, -0.15) is 0 Å². The molecule has 1 aliphatic heterocycles. The van der Waals surface area contributed by atoms with Crippen molar-refractivity contribution in [1.82, 2.24) is 15.6 Å². The summed E-state index contributed by atoms with van der Waals surface area (Å²) >= 11 is 0. The Morgan fingerprint density at radius 1 is 1.19 bits per heavy atom. The Morgan fingerprint density at radius 2 is 1.93 bits per heavy atom. The third-order valence-electron chi connectivity index (χ3n) is 4.62. The van der Waals surface area contributed by atoms with Crippen molar-refractivity contribution < 1.29 is 4.21 Å². The zero-order valence-corrected chi connectivity index (χ0v) is 16.5. The van der Waals surface area contributed by atoms with E-state index in [-0.39, 0.29) is 0 Å². The summed E-state index contributed by atoms with van der Waals surface area (Å²) in [4.78, 5) is 11.9. The average Bonchev–Trinajstić information content (AvgIpc) is 2.74. The Labute approximate surface area is 163 Å². The molecule has 1 aliphatic rings. The van der Waals surface area contributed by atoms with Gasteiger partial charge in [0.25, 0.3) is 0 Å². The number of guanidine groups is 1. The highest BCUT2D eigenvalue weighted by molar-refractivity contribution is 7.85. The van der Waals surface area contributed by atoms with Crippen LogP contribution >= 0.6 is 0 Å². The number of pyridine rings is 1. The number of anilines is 1. The van der Waals surface area contributed by atoms with Crippen molar-refractivity contribution >= 4 is 22.6 Å². The number of benzene rings is 1. The molecule has 1 aromatic carbocycles. The van der Waals surface area contributed by atoms with Gasteiger partial charge in [0.2, 0.25) is 0 Å². The monoisotopic (exact) mass is 385 g/mol. The minimum Gasteiger partial charge on any atom is -0.356 e. The SMILES string of the molecule is CN=C(NCCS(=O)c1ccccc1)NC1CCN(c2ccccn2)CC1. The first-order valence-corrected chi connectivity index (χ1v) is 10.6. The fourth-order valence-electron chi connectivity index (χ4n) is 3.13. The molecule has 1 aromatic heterocycles. The lowest BCUT2D eigenvalue weighted by Crippen LogP contribution is -2.49. The van der Waals surface area contributed by atoms with Crippen molar-refractivity contribution in [3.63, 3.8) is 0 Å². The van der Waals surface area contributed by atoms with E-state index >= 15 is 0 Å². The molecule has 0 amide bonds. The first-order chi connectivity index (χ1) is 13.3. The largest absolute Gasteiger partial charge is 0.356 e. The number of rotatable bonds is 6. The van der Waals surface area contributed by atoms with Crippen LogP contribution in [-0.2, 0) is 10.8 Å². The number of piperidine rings is 1. The van der Waals surface area contributed by atoms with Gasteiger partial charge in [-0.15, -0.1) is 0 Å². The summed E-state index contributed by atoms with van der Waals surface area (Å²) in [5.74, 6) is 2.38. The maximum Gasteiger partial charge on any atom is 0.191 e. The predicted molar refractivity (Wildman–Crippen MR) is 112 cm³/mol. The maximum atomic E-state index is 12.3. The van der Waals surface area contributed by atoms with E-state index in [1.807, 2.05) is 48.7 Å². The molecule has 27 heavy (non-hydrogen) atoms. The summed E-state index contributed by atoms with van der Waals surface area (Å²) in [5.41, 5.74) is 0. The van der Waals surface area contributed by atoms with Crippen LogP contribution in [0, 0.1) is 0 Å². The van der Waals surface area contributed by atoms with E-state index < -0.39 is 10.8 Å². The van der Waals surface area contributed by atoms with Crippen LogP contribution in [0.25, 0.3) is 0 Å².